The second-order valence-corrected chi connectivity index (χ2v) is 4.20. The number of unbranched alkanes of at least 4 members (excludes halogenated alkanes) is 1. The second kappa shape index (κ2) is 5.80. The normalized spacial score (nSPS) is 10.7. The highest BCUT2D eigenvalue weighted by Gasteiger charge is 2.08. The summed E-state index contributed by atoms with van der Waals surface area (Å²) in [4.78, 5) is 4.32. The molecule has 1 heterocycles. The molecule has 0 bridgehead atoms. The minimum Gasteiger partial charge on any atom is -0.339 e. The average molecular weight is 252 g/mol. The van der Waals surface area contributed by atoms with Crippen molar-refractivity contribution in [3.8, 4) is 11.4 Å². The molecular formula is C12H14ClN3O. The summed E-state index contributed by atoms with van der Waals surface area (Å²) in [7, 11) is 0. The van der Waals surface area contributed by atoms with Gasteiger partial charge in [0.2, 0.25) is 11.7 Å². The zero-order valence-electron chi connectivity index (χ0n) is 9.40. The summed E-state index contributed by atoms with van der Waals surface area (Å²) < 4.78 is 5.16. The molecule has 0 saturated heterocycles. The number of aromatic nitrogens is 2. The number of halogens is 1. The van der Waals surface area contributed by atoms with Crippen LogP contribution in [-0.2, 0) is 6.42 Å². The van der Waals surface area contributed by atoms with Gasteiger partial charge in [-0.1, -0.05) is 28.9 Å². The van der Waals surface area contributed by atoms with Gasteiger partial charge in [0.05, 0.1) is 0 Å². The lowest BCUT2D eigenvalue weighted by Gasteiger charge is -1.94. The van der Waals surface area contributed by atoms with Gasteiger partial charge >= 0.3 is 0 Å². The molecule has 0 fully saturated rings. The average Bonchev–Trinajstić information content (AvgIpc) is 2.78. The summed E-state index contributed by atoms with van der Waals surface area (Å²) in [6, 6.07) is 7.39. The van der Waals surface area contributed by atoms with Crippen molar-refractivity contribution in [3.05, 3.63) is 35.2 Å². The quantitative estimate of drug-likeness (QED) is 0.830. The Morgan fingerprint density at radius 1 is 1.29 bits per heavy atom. The fourth-order valence-corrected chi connectivity index (χ4v) is 1.71. The number of aryl methyl sites for hydroxylation is 1. The van der Waals surface area contributed by atoms with Crippen molar-refractivity contribution < 1.29 is 4.52 Å². The van der Waals surface area contributed by atoms with Gasteiger partial charge in [-0.2, -0.15) is 4.98 Å². The third-order valence-corrected chi connectivity index (χ3v) is 2.63. The van der Waals surface area contributed by atoms with Gasteiger partial charge < -0.3 is 10.3 Å². The van der Waals surface area contributed by atoms with Gasteiger partial charge in [-0.15, -0.1) is 0 Å². The van der Waals surface area contributed by atoms with Gasteiger partial charge in [0.1, 0.15) is 0 Å². The Morgan fingerprint density at radius 3 is 2.94 bits per heavy atom. The molecule has 0 radical (unpaired) electrons. The summed E-state index contributed by atoms with van der Waals surface area (Å²) in [5.74, 6) is 1.23. The van der Waals surface area contributed by atoms with Crippen LogP contribution in [0.4, 0.5) is 0 Å². The molecule has 17 heavy (non-hydrogen) atoms. The molecule has 90 valence electrons. The lowest BCUT2D eigenvalue weighted by Crippen LogP contribution is -1.99. The smallest absolute Gasteiger partial charge is 0.226 e. The van der Waals surface area contributed by atoms with Crippen LogP contribution in [0.5, 0.6) is 0 Å². The van der Waals surface area contributed by atoms with E-state index in [1.807, 2.05) is 24.3 Å². The van der Waals surface area contributed by atoms with Crippen LogP contribution in [0.25, 0.3) is 11.4 Å². The summed E-state index contributed by atoms with van der Waals surface area (Å²) in [5, 5.41) is 4.59. The standard InChI is InChI=1S/C12H14ClN3O/c13-10-5-3-4-9(8-10)12-15-11(17-16-12)6-1-2-7-14/h3-5,8H,1-2,6-7,14H2. The predicted molar refractivity (Wildman–Crippen MR) is 66.7 cm³/mol. The van der Waals surface area contributed by atoms with Gasteiger partial charge in [0, 0.05) is 17.0 Å². The first-order chi connectivity index (χ1) is 8.29. The van der Waals surface area contributed by atoms with E-state index in [1.165, 1.54) is 0 Å². The van der Waals surface area contributed by atoms with E-state index in [9.17, 15) is 0 Å². The number of hydrogen-bond donors (Lipinski definition) is 1. The van der Waals surface area contributed by atoms with Crippen LogP contribution >= 0.6 is 11.6 Å². The summed E-state index contributed by atoms with van der Waals surface area (Å²) in [6.45, 7) is 0.690. The molecule has 0 atom stereocenters. The van der Waals surface area contributed by atoms with E-state index in [4.69, 9.17) is 21.9 Å². The molecule has 1 aromatic carbocycles. The van der Waals surface area contributed by atoms with Crippen LogP contribution in [0.2, 0.25) is 5.02 Å². The Kier molecular flexibility index (Phi) is 4.12. The first-order valence-corrected chi connectivity index (χ1v) is 5.96. The Morgan fingerprint density at radius 2 is 2.18 bits per heavy atom. The SMILES string of the molecule is NCCCCc1nc(-c2cccc(Cl)c2)no1. The van der Waals surface area contributed by atoms with E-state index in [0.29, 0.717) is 23.3 Å². The Hall–Kier alpha value is -1.39. The molecule has 0 aliphatic heterocycles. The first-order valence-electron chi connectivity index (χ1n) is 5.58. The van der Waals surface area contributed by atoms with Crippen molar-refractivity contribution in [2.24, 2.45) is 5.73 Å². The second-order valence-electron chi connectivity index (χ2n) is 3.77. The molecule has 1 aromatic heterocycles. The molecule has 0 unspecified atom stereocenters. The number of hydrogen-bond acceptors (Lipinski definition) is 4. The summed E-state index contributed by atoms with van der Waals surface area (Å²) in [6.07, 6.45) is 2.70. The molecule has 2 aromatic rings. The maximum atomic E-state index is 5.90. The lowest BCUT2D eigenvalue weighted by molar-refractivity contribution is 0.375. The lowest BCUT2D eigenvalue weighted by atomic mass is 10.2. The minimum absolute atomic E-state index is 0.579. The number of benzene rings is 1. The monoisotopic (exact) mass is 251 g/mol. The Labute approximate surface area is 105 Å². The third kappa shape index (κ3) is 3.28. The maximum Gasteiger partial charge on any atom is 0.226 e. The fraction of sp³-hybridized carbons (Fsp3) is 0.333. The molecular weight excluding hydrogens is 238 g/mol. The predicted octanol–water partition coefficient (Wildman–Crippen LogP) is 2.67. The topological polar surface area (TPSA) is 64.9 Å². The van der Waals surface area contributed by atoms with Crippen LogP contribution < -0.4 is 5.73 Å². The van der Waals surface area contributed by atoms with Gasteiger partial charge in [-0.05, 0) is 31.5 Å². The van der Waals surface area contributed by atoms with E-state index >= 15 is 0 Å². The highest BCUT2D eigenvalue weighted by Crippen LogP contribution is 2.20. The van der Waals surface area contributed by atoms with Crippen LogP contribution in [0, 0.1) is 0 Å². The van der Waals surface area contributed by atoms with Gasteiger partial charge in [0.15, 0.2) is 0 Å². The highest BCUT2D eigenvalue weighted by molar-refractivity contribution is 6.30. The van der Waals surface area contributed by atoms with Gasteiger partial charge in [0.25, 0.3) is 0 Å². The van der Waals surface area contributed by atoms with Crippen molar-refractivity contribution in [3.63, 3.8) is 0 Å². The Bertz CT molecular complexity index is 484. The molecule has 0 amide bonds. The largest absolute Gasteiger partial charge is 0.339 e. The van der Waals surface area contributed by atoms with Crippen LogP contribution in [0.1, 0.15) is 18.7 Å². The molecule has 4 nitrogen and oxygen atoms in total. The summed E-state index contributed by atoms with van der Waals surface area (Å²) >= 11 is 5.90. The molecule has 0 saturated carbocycles. The van der Waals surface area contributed by atoms with Crippen LogP contribution in [-0.4, -0.2) is 16.7 Å². The van der Waals surface area contributed by atoms with Crippen LogP contribution in [0.15, 0.2) is 28.8 Å². The zero-order chi connectivity index (χ0) is 12.1. The fourth-order valence-electron chi connectivity index (χ4n) is 1.52. The third-order valence-electron chi connectivity index (χ3n) is 2.40. The van der Waals surface area contributed by atoms with Crippen molar-refractivity contribution in [2.45, 2.75) is 19.3 Å². The van der Waals surface area contributed by atoms with Gasteiger partial charge in [-0.25, -0.2) is 0 Å². The van der Waals surface area contributed by atoms with Crippen molar-refractivity contribution in [1.82, 2.24) is 10.1 Å². The number of rotatable bonds is 5. The molecule has 0 spiro atoms. The molecule has 5 heteroatoms. The van der Waals surface area contributed by atoms with Crippen molar-refractivity contribution in [1.29, 1.82) is 0 Å². The van der Waals surface area contributed by atoms with E-state index in [1.54, 1.807) is 0 Å². The van der Waals surface area contributed by atoms with E-state index < -0.39 is 0 Å². The van der Waals surface area contributed by atoms with Gasteiger partial charge in [-0.3, -0.25) is 0 Å². The van der Waals surface area contributed by atoms with E-state index in [2.05, 4.69) is 10.1 Å². The molecule has 2 rings (SSSR count). The Balaban J connectivity index is 2.07. The summed E-state index contributed by atoms with van der Waals surface area (Å²) in [5.41, 5.74) is 6.29. The van der Waals surface area contributed by atoms with E-state index in [-0.39, 0.29) is 0 Å². The van der Waals surface area contributed by atoms with E-state index in [0.717, 1.165) is 24.8 Å². The number of nitrogens with zero attached hydrogens (tertiary/aromatic N) is 2. The zero-order valence-corrected chi connectivity index (χ0v) is 10.2. The minimum atomic E-state index is 0.579. The molecule has 0 aliphatic rings. The number of nitrogens with two attached hydrogens (primary N) is 1. The maximum absolute atomic E-state index is 5.90. The van der Waals surface area contributed by atoms with Crippen molar-refractivity contribution in [2.75, 3.05) is 6.54 Å². The van der Waals surface area contributed by atoms with Crippen molar-refractivity contribution >= 4 is 11.6 Å². The highest BCUT2D eigenvalue weighted by atomic mass is 35.5. The molecule has 0 aliphatic carbocycles. The first kappa shape index (κ1) is 12.1. The molecule has 2 N–H and O–H groups in total. The van der Waals surface area contributed by atoms with Crippen LogP contribution in [0.3, 0.4) is 0 Å².